The normalized spacial score (nSPS) is 13.4. The fourth-order valence-corrected chi connectivity index (χ4v) is 4.00. The van der Waals surface area contributed by atoms with Crippen LogP contribution >= 0.6 is 0 Å². The molecule has 0 unspecified atom stereocenters. The zero-order chi connectivity index (χ0) is 22.6. The predicted octanol–water partition coefficient (Wildman–Crippen LogP) is 6.06. The van der Waals surface area contributed by atoms with Crippen LogP contribution in [0.3, 0.4) is 0 Å². The quantitative estimate of drug-likeness (QED) is 0.347. The summed E-state index contributed by atoms with van der Waals surface area (Å²) in [6.45, 7) is 1.56. The van der Waals surface area contributed by atoms with E-state index in [1.54, 1.807) is 6.07 Å². The number of hydrogen-bond donors (Lipinski definition) is 0. The SMILES string of the molecule is [2H]C([2H])([2H])c1cc(C)c(-c2cc(-c3ccccc3)cc[n+]2C)c2oc3nc(C)ccc3c12. The minimum atomic E-state index is -2.27. The molecule has 0 atom stereocenters. The minimum Gasteiger partial charge on any atom is -0.437 e. The first-order chi connectivity index (χ1) is 15.2. The van der Waals surface area contributed by atoms with Crippen LogP contribution in [0.15, 0.2) is 71.3 Å². The summed E-state index contributed by atoms with van der Waals surface area (Å²) in [4.78, 5) is 4.53. The van der Waals surface area contributed by atoms with Crippen LogP contribution in [0.1, 0.15) is 20.9 Å². The van der Waals surface area contributed by atoms with E-state index < -0.39 is 6.85 Å². The van der Waals surface area contributed by atoms with Gasteiger partial charge in [-0.05, 0) is 55.1 Å². The molecule has 5 rings (SSSR count). The molecule has 3 heteroatoms. The predicted molar refractivity (Wildman–Crippen MR) is 118 cm³/mol. The molecule has 0 amide bonds. The molecule has 0 N–H and O–H groups in total. The summed E-state index contributed by atoms with van der Waals surface area (Å²) in [6.07, 6.45) is 2.02. The van der Waals surface area contributed by atoms with Crippen LogP contribution in [0.2, 0.25) is 0 Å². The Hall–Kier alpha value is -3.46. The molecule has 0 radical (unpaired) electrons. The third kappa shape index (κ3) is 2.82. The standard InChI is InChI=1S/C26H23N2O/c1-16-14-17(2)24(25-23(16)21-11-10-18(3)27-26(21)29-25)22-15-20(12-13-28(22)4)19-8-6-5-7-9-19/h5-15H,1-4H3/q+1/i1D3. The highest BCUT2D eigenvalue weighted by Crippen LogP contribution is 2.39. The van der Waals surface area contributed by atoms with Crippen LogP contribution in [-0.2, 0) is 7.05 Å². The van der Waals surface area contributed by atoms with E-state index in [4.69, 9.17) is 8.53 Å². The van der Waals surface area contributed by atoms with Crippen molar-refractivity contribution in [2.24, 2.45) is 7.05 Å². The van der Waals surface area contributed by atoms with Gasteiger partial charge in [0.05, 0.1) is 5.56 Å². The number of fused-ring (bicyclic) bond motifs is 3. The number of aryl methyl sites for hydroxylation is 4. The molecule has 142 valence electrons. The van der Waals surface area contributed by atoms with Gasteiger partial charge in [-0.1, -0.05) is 36.4 Å². The van der Waals surface area contributed by atoms with Crippen LogP contribution in [-0.4, -0.2) is 4.98 Å². The van der Waals surface area contributed by atoms with Gasteiger partial charge in [0.25, 0.3) is 0 Å². The monoisotopic (exact) mass is 382 g/mol. The maximum absolute atomic E-state index is 8.14. The molecule has 0 bridgehead atoms. The average molecular weight is 383 g/mol. The molecule has 3 heterocycles. The van der Waals surface area contributed by atoms with E-state index in [1.807, 2.05) is 62.0 Å². The lowest BCUT2D eigenvalue weighted by atomic mass is 9.95. The highest BCUT2D eigenvalue weighted by molar-refractivity contribution is 6.10. The summed E-state index contributed by atoms with van der Waals surface area (Å²) in [7, 11) is 1.98. The molecule has 2 aromatic carbocycles. The molecule has 3 aromatic heterocycles. The zero-order valence-electron chi connectivity index (χ0n) is 19.7. The molecule has 0 spiro atoms. The lowest BCUT2D eigenvalue weighted by Gasteiger charge is -2.09. The molecule has 0 aliphatic heterocycles. The van der Waals surface area contributed by atoms with E-state index in [9.17, 15) is 0 Å². The fourth-order valence-electron chi connectivity index (χ4n) is 4.00. The molecule has 3 nitrogen and oxygen atoms in total. The number of benzene rings is 2. The maximum atomic E-state index is 8.14. The molecular weight excluding hydrogens is 356 g/mol. The summed E-state index contributed by atoms with van der Waals surface area (Å²) in [5.41, 5.74) is 7.00. The second-order valence-corrected chi connectivity index (χ2v) is 7.51. The average Bonchev–Trinajstić information content (AvgIpc) is 3.11. The lowest BCUT2D eigenvalue weighted by Crippen LogP contribution is -2.30. The van der Waals surface area contributed by atoms with Crippen molar-refractivity contribution >= 4 is 22.1 Å². The van der Waals surface area contributed by atoms with E-state index in [0.717, 1.165) is 39.0 Å². The fraction of sp³-hybridized carbons (Fsp3) is 0.154. The van der Waals surface area contributed by atoms with Gasteiger partial charge < -0.3 is 4.42 Å². The Bertz CT molecular complexity index is 1480. The van der Waals surface area contributed by atoms with Crippen molar-refractivity contribution in [2.75, 3.05) is 0 Å². The summed E-state index contributed by atoms with van der Waals surface area (Å²) in [5.74, 6) is 0. The largest absolute Gasteiger partial charge is 0.437 e. The summed E-state index contributed by atoms with van der Waals surface area (Å²) >= 11 is 0. The van der Waals surface area contributed by atoms with Crippen molar-refractivity contribution in [3.63, 3.8) is 0 Å². The molecule has 0 fully saturated rings. The minimum absolute atomic E-state index is 0.292. The van der Waals surface area contributed by atoms with Gasteiger partial charge in [-0.25, -0.2) is 9.55 Å². The molecule has 0 saturated heterocycles. The lowest BCUT2D eigenvalue weighted by molar-refractivity contribution is -0.660. The van der Waals surface area contributed by atoms with Gasteiger partial charge in [-0.3, -0.25) is 0 Å². The van der Waals surface area contributed by atoms with Crippen LogP contribution < -0.4 is 4.57 Å². The van der Waals surface area contributed by atoms with Crippen LogP contribution in [0.5, 0.6) is 0 Å². The first kappa shape index (κ1) is 14.5. The number of hydrogen-bond acceptors (Lipinski definition) is 2. The third-order valence-electron chi connectivity index (χ3n) is 5.46. The Morgan fingerprint density at radius 2 is 1.76 bits per heavy atom. The van der Waals surface area contributed by atoms with Crippen molar-refractivity contribution in [1.29, 1.82) is 0 Å². The van der Waals surface area contributed by atoms with Gasteiger partial charge in [-0.15, -0.1) is 0 Å². The van der Waals surface area contributed by atoms with Crippen molar-refractivity contribution in [3.8, 4) is 22.4 Å². The van der Waals surface area contributed by atoms with Gasteiger partial charge in [0.2, 0.25) is 11.4 Å². The van der Waals surface area contributed by atoms with Crippen LogP contribution in [0, 0.1) is 20.7 Å². The number of furan rings is 1. The van der Waals surface area contributed by atoms with E-state index in [-0.39, 0.29) is 0 Å². The third-order valence-corrected chi connectivity index (χ3v) is 5.46. The van der Waals surface area contributed by atoms with Crippen LogP contribution in [0.4, 0.5) is 0 Å². The highest BCUT2D eigenvalue weighted by Gasteiger charge is 2.23. The van der Waals surface area contributed by atoms with Crippen molar-refractivity contribution in [1.82, 2.24) is 4.98 Å². The number of nitrogens with zero attached hydrogens (tertiary/aromatic N) is 2. The van der Waals surface area contributed by atoms with Gasteiger partial charge in [0, 0.05) is 32.7 Å². The van der Waals surface area contributed by atoms with E-state index in [2.05, 4.69) is 29.2 Å². The number of rotatable bonds is 2. The Labute approximate surface area is 174 Å². The van der Waals surface area contributed by atoms with Crippen molar-refractivity contribution in [3.05, 3.63) is 83.7 Å². The second kappa shape index (κ2) is 6.56. The van der Waals surface area contributed by atoms with E-state index in [1.165, 1.54) is 0 Å². The molecule has 29 heavy (non-hydrogen) atoms. The molecule has 5 aromatic rings. The first-order valence-electron chi connectivity index (χ1n) is 11.1. The first-order valence-corrected chi connectivity index (χ1v) is 9.63. The molecule has 0 saturated carbocycles. The number of pyridine rings is 2. The van der Waals surface area contributed by atoms with Gasteiger partial charge in [-0.2, -0.15) is 0 Å². The zero-order valence-corrected chi connectivity index (χ0v) is 16.7. The van der Waals surface area contributed by atoms with Gasteiger partial charge in [0.1, 0.15) is 7.05 Å². The Balaban J connectivity index is 1.88. The molecular formula is C26H23N2O+. The van der Waals surface area contributed by atoms with E-state index in [0.29, 0.717) is 22.2 Å². The van der Waals surface area contributed by atoms with Crippen LogP contribution in [0.25, 0.3) is 44.5 Å². The second-order valence-electron chi connectivity index (χ2n) is 7.51. The summed E-state index contributed by atoms with van der Waals surface area (Å²) < 4.78 is 32.7. The molecule has 0 aliphatic rings. The smallest absolute Gasteiger partial charge is 0.227 e. The van der Waals surface area contributed by atoms with Crippen molar-refractivity contribution < 1.29 is 13.1 Å². The van der Waals surface area contributed by atoms with Crippen molar-refractivity contribution in [2.45, 2.75) is 20.7 Å². The molecule has 0 aliphatic carbocycles. The van der Waals surface area contributed by atoms with Gasteiger partial charge in [0.15, 0.2) is 11.8 Å². The summed E-state index contributed by atoms with van der Waals surface area (Å²) in [5, 5.41) is 1.33. The topological polar surface area (TPSA) is 29.9 Å². The maximum Gasteiger partial charge on any atom is 0.227 e. The Morgan fingerprint density at radius 3 is 2.55 bits per heavy atom. The number of aromatic nitrogens is 2. The Morgan fingerprint density at radius 1 is 0.931 bits per heavy atom. The van der Waals surface area contributed by atoms with Gasteiger partial charge >= 0.3 is 0 Å². The highest BCUT2D eigenvalue weighted by atomic mass is 16.3. The Kier molecular flexibility index (Phi) is 3.28. The summed E-state index contributed by atoms with van der Waals surface area (Å²) in [6, 6.07) is 19.9. The van der Waals surface area contributed by atoms with E-state index >= 15 is 0 Å².